The number of nitrogens with one attached hydrogen (secondary N) is 2. The van der Waals surface area contributed by atoms with Crippen LogP contribution in [0, 0.1) is 0 Å². The molecule has 0 bridgehead atoms. The van der Waals surface area contributed by atoms with Gasteiger partial charge >= 0.3 is 6.09 Å². The molecule has 0 atom stereocenters. The van der Waals surface area contributed by atoms with Gasteiger partial charge in [-0.05, 0) is 39.7 Å². The van der Waals surface area contributed by atoms with Crippen molar-refractivity contribution < 1.29 is 14.3 Å². The smallest absolute Gasteiger partial charge is 0.408 e. The Hall–Kier alpha value is -2.31. The number of aromatic nitrogens is 1. The Balaban J connectivity index is 2.01. The van der Waals surface area contributed by atoms with Crippen molar-refractivity contribution in [2.75, 3.05) is 6.54 Å². The SMILES string of the molecule is CC(C)(C)OC(=O)NC1(CNC(=O)Cn2ccccc2=O)CCCCCC1. The van der Waals surface area contributed by atoms with Gasteiger partial charge in [0.25, 0.3) is 5.56 Å². The van der Waals surface area contributed by atoms with Crippen LogP contribution in [0.5, 0.6) is 0 Å². The summed E-state index contributed by atoms with van der Waals surface area (Å²) in [6.07, 6.45) is 6.92. The number of hydrogen-bond donors (Lipinski definition) is 2. The lowest BCUT2D eigenvalue weighted by molar-refractivity contribution is -0.122. The van der Waals surface area contributed by atoms with Crippen molar-refractivity contribution in [1.29, 1.82) is 0 Å². The van der Waals surface area contributed by atoms with Crippen molar-refractivity contribution in [3.63, 3.8) is 0 Å². The third-order valence-electron chi connectivity index (χ3n) is 4.66. The van der Waals surface area contributed by atoms with Gasteiger partial charge in [-0.1, -0.05) is 31.7 Å². The van der Waals surface area contributed by atoms with Crippen molar-refractivity contribution in [3.8, 4) is 0 Å². The van der Waals surface area contributed by atoms with E-state index in [4.69, 9.17) is 4.74 Å². The lowest BCUT2D eigenvalue weighted by Gasteiger charge is -2.35. The van der Waals surface area contributed by atoms with Crippen LogP contribution in [0.3, 0.4) is 0 Å². The molecule has 2 N–H and O–H groups in total. The Morgan fingerprint density at radius 2 is 1.81 bits per heavy atom. The van der Waals surface area contributed by atoms with Gasteiger partial charge in [0.05, 0.1) is 5.54 Å². The van der Waals surface area contributed by atoms with Gasteiger partial charge in [-0.15, -0.1) is 0 Å². The summed E-state index contributed by atoms with van der Waals surface area (Å²) in [6, 6.07) is 4.78. The predicted molar refractivity (Wildman–Crippen MR) is 104 cm³/mol. The lowest BCUT2D eigenvalue weighted by Crippen LogP contribution is -2.56. The summed E-state index contributed by atoms with van der Waals surface area (Å²) >= 11 is 0. The molecule has 7 heteroatoms. The molecule has 1 heterocycles. The highest BCUT2D eigenvalue weighted by molar-refractivity contribution is 5.76. The molecule has 7 nitrogen and oxygen atoms in total. The Morgan fingerprint density at radius 3 is 2.41 bits per heavy atom. The molecule has 1 aliphatic rings. The van der Waals surface area contributed by atoms with Gasteiger partial charge in [-0.2, -0.15) is 0 Å². The van der Waals surface area contributed by atoms with Crippen LogP contribution in [0.25, 0.3) is 0 Å². The van der Waals surface area contributed by atoms with Gasteiger partial charge in [-0.3, -0.25) is 9.59 Å². The second-order valence-corrected chi connectivity index (χ2v) is 8.26. The number of amides is 2. The highest BCUT2D eigenvalue weighted by atomic mass is 16.6. The Bertz CT molecular complexity index is 698. The van der Waals surface area contributed by atoms with E-state index in [0.29, 0.717) is 6.54 Å². The summed E-state index contributed by atoms with van der Waals surface area (Å²) < 4.78 is 6.77. The maximum Gasteiger partial charge on any atom is 0.408 e. The average Bonchev–Trinajstić information content (AvgIpc) is 2.79. The Labute approximate surface area is 160 Å². The van der Waals surface area contributed by atoms with Gasteiger partial charge in [0.15, 0.2) is 0 Å². The molecule has 1 fully saturated rings. The topological polar surface area (TPSA) is 89.4 Å². The maximum absolute atomic E-state index is 12.3. The van der Waals surface area contributed by atoms with E-state index in [1.54, 1.807) is 18.3 Å². The largest absolute Gasteiger partial charge is 0.444 e. The quantitative estimate of drug-likeness (QED) is 0.772. The van der Waals surface area contributed by atoms with E-state index in [1.807, 2.05) is 20.8 Å². The fourth-order valence-electron chi connectivity index (χ4n) is 3.34. The fourth-order valence-corrected chi connectivity index (χ4v) is 3.34. The van der Waals surface area contributed by atoms with Crippen molar-refractivity contribution in [2.24, 2.45) is 0 Å². The third-order valence-corrected chi connectivity index (χ3v) is 4.66. The lowest BCUT2D eigenvalue weighted by atomic mass is 9.90. The first-order valence-electron chi connectivity index (χ1n) is 9.63. The summed E-state index contributed by atoms with van der Waals surface area (Å²) in [5.74, 6) is -0.252. The van der Waals surface area contributed by atoms with E-state index in [0.717, 1.165) is 38.5 Å². The number of ether oxygens (including phenoxy) is 1. The Kier molecular flexibility index (Phi) is 7.05. The minimum absolute atomic E-state index is 0.0395. The third kappa shape index (κ3) is 7.07. The molecule has 0 spiro atoms. The molecule has 0 aromatic carbocycles. The van der Waals surface area contributed by atoms with Crippen molar-refractivity contribution in [2.45, 2.75) is 77.0 Å². The van der Waals surface area contributed by atoms with Crippen LogP contribution in [0.1, 0.15) is 59.3 Å². The number of hydrogen-bond acceptors (Lipinski definition) is 4. The molecule has 1 saturated carbocycles. The molecule has 0 unspecified atom stereocenters. The number of nitrogens with zero attached hydrogens (tertiary/aromatic N) is 1. The second-order valence-electron chi connectivity index (χ2n) is 8.26. The van der Waals surface area contributed by atoms with Gasteiger partial charge in [0, 0.05) is 18.8 Å². The van der Waals surface area contributed by atoms with Gasteiger partial charge < -0.3 is 19.9 Å². The van der Waals surface area contributed by atoms with E-state index in [-0.39, 0.29) is 18.0 Å². The van der Waals surface area contributed by atoms with Gasteiger partial charge in [0.2, 0.25) is 5.91 Å². The summed E-state index contributed by atoms with van der Waals surface area (Å²) in [6.45, 7) is 5.76. The molecule has 2 amide bonds. The molecular formula is C20H31N3O4. The molecule has 1 aromatic heterocycles. The number of carbonyl (C=O) groups excluding carboxylic acids is 2. The maximum atomic E-state index is 12.3. The van der Waals surface area contributed by atoms with Crippen molar-refractivity contribution in [3.05, 3.63) is 34.7 Å². The van der Waals surface area contributed by atoms with Crippen LogP contribution in [-0.2, 0) is 16.1 Å². The highest BCUT2D eigenvalue weighted by Gasteiger charge is 2.34. The zero-order valence-electron chi connectivity index (χ0n) is 16.5. The Morgan fingerprint density at radius 1 is 1.15 bits per heavy atom. The highest BCUT2D eigenvalue weighted by Crippen LogP contribution is 2.27. The number of rotatable bonds is 5. The first kappa shape index (κ1) is 21.0. The number of carbonyl (C=O) groups is 2. The summed E-state index contributed by atoms with van der Waals surface area (Å²) in [7, 11) is 0. The molecule has 27 heavy (non-hydrogen) atoms. The monoisotopic (exact) mass is 377 g/mol. The standard InChI is InChI=1S/C20H31N3O4/c1-19(2,3)27-18(26)22-20(11-7-4-5-8-12-20)15-21-16(24)14-23-13-9-6-10-17(23)25/h6,9-10,13H,4-5,7-8,11-12,14-15H2,1-3H3,(H,21,24)(H,22,26). The molecule has 1 aromatic rings. The van der Waals surface area contributed by atoms with Crippen LogP contribution in [0.2, 0.25) is 0 Å². The second kappa shape index (κ2) is 9.06. The minimum Gasteiger partial charge on any atom is -0.444 e. The van der Waals surface area contributed by atoms with Crippen molar-refractivity contribution >= 4 is 12.0 Å². The van der Waals surface area contributed by atoms with E-state index in [1.165, 1.54) is 10.6 Å². The molecule has 0 aliphatic heterocycles. The molecule has 2 rings (SSSR count). The molecule has 150 valence electrons. The first-order valence-corrected chi connectivity index (χ1v) is 9.63. The predicted octanol–water partition coefficient (Wildman–Crippen LogP) is 2.58. The van der Waals surface area contributed by atoms with E-state index < -0.39 is 17.2 Å². The van der Waals surface area contributed by atoms with Gasteiger partial charge in [-0.25, -0.2) is 4.79 Å². The molecule has 0 radical (unpaired) electrons. The molecule has 0 saturated heterocycles. The number of alkyl carbamates (subject to hydrolysis) is 1. The van der Waals surface area contributed by atoms with Crippen LogP contribution < -0.4 is 16.2 Å². The van der Waals surface area contributed by atoms with Crippen molar-refractivity contribution in [1.82, 2.24) is 15.2 Å². The normalized spacial score (nSPS) is 16.9. The van der Waals surface area contributed by atoms with Crippen LogP contribution in [0.15, 0.2) is 29.2 Å². The first-order chi connectivity index (χ1) is 12.7. The zero-order chi connectivity index (χ0) is 19.9. The summed E-state index contributed by atoms with van der Waals surface area (Å²) in [5, 5.41) is 5.91. The molecule has 1 aliphatic carbocycles. The molecular weight excluding hydrogens is 346 g/mol. The zero-order valence-corrected chi connectivity index (χ0v) is 16.5. The van der Waals surface area contributed by atoms with Crippen LogP contribution in [0.4, 0.5) is 4.79 Å². The van der Waals surface area contributed by atoms with Crippen LogP contribution in [-0.4, -0.2) is 34.3 Å². The van der Waals surface area contributed by atoms with Gasteiger partial charge in [0.1, 0.15) is 12.1 Å². The van der Waals surface area contributed by atoms with Crippen LogP contribution >= 0.6 is 0 Å². The minimum atomic E-state index is -0.576. The van der Waals surface area contributed by atoms with E-state index in [9.17, 15) is 14.4 Å². The summed E-state index contributed by atoms with van der Waals surface area (Å²) in [5.41, 5.74) is -1.31. The van der Waals surface area contributed by atoms with E-state index in [2.05, 4.69) is 10.6 Å². The fraction of sp³-hybridized carbons (Fsp3) is 0.650. The number of pyridine rings is 1. The summed E-state index contributed by atoms with van der Waals surface area (Å²) in [4.78, 5) is 36.4. The average molecular weight is 377 g/mol. The van der Waals surface area contributed by atoms with E-state index >= 15 is 0 Å².